The first kappa shape index (κ1) is 16.3. The van der Waals surface area contributed by atoms with Gasteiger partial charge in [0.1, 0.15) is 0 Å². The van der Waals surface area contributed by atoms with E-state index in [4.69, 9.17) is 9.84 Å². The number of epoxide rings is 1. The van der Waals surface area contributed by atoms with Gasteiger partial charge < -0.3 is 4.74 Å². The summed E-state index contributed by atoms with van der Waals surface area (Å²) in [6, 6.07) is 7.69. The number of benzene rings is 1. The summed E-state index contributed by atoms with van der Waals surface area (Å²) in [6.07, 6.45) is 1.90. The Bertz CT molecular complexity index is 888. The zero-order chi connectivity index (χ0) is 17.1. The molecule has 6 nitrogen and oxygen atoms in total. The van der Waals surface area contributed by atoms with Crippen molar-refractivity contribution >= 4 is 26.0 Å². The lowest BCUT2D eigenvalue weighted by molar-refractivity contribution is 0.303. The van der Waals surface area contributed by atoms with Gasteiger partial charge in [-0.1, -0.05) is 28.1 Å². The number of fused-ring (bicyclic) bond motifs is 1. The second-order valence-corrected chi connectivity index (χ2v) is 9.10. The van der Waals surface area contributed by atoms with Gasteiger partial charge in [0.05, 0.1) is 24.6 Å². The molecule has 1 saturated heterocycles. The van der Waals surface area contributed by atoms with Crippen LogP contribution in [0.4, 0.5) is 0 Å². The van der Waals surface area contributed by atoms with Crippen LogP contribution in [-0.2, 0) is 21.2 Å². The van der Waals surface area contributed by atoms with Gasteiger partial charge in [-0.05, 0) is 19.1 Å². The molecule has 128 valence electrons. The average Bonchev–Trinajstić information content (AvgIpc) is 3.28. The SMILES string of the molecule is CC1c2c(-c3ccc(Br)cc3)nn(C3CO3)c2CCN1S(C)(=O)=O. The summed E-state index contributed by atoms with van der Waals surface area (Å²) in [7, 11) is -3.26. The monoisotopic (exact) mass is 411 g/mol. The van der Waals surface area contributed by atoms with Crippen molar-refractivity contribution in [2.75, 3.05) is 19.4 Å². The number of nitrogens with zero attached hydrogens (tertiary/aromatic N) is 3. The summed E-state index contributed by atoms with van der Waals surface area (Å²) >= 11 is 3.45. The molecule has 1 aromatic carbocycles. The van der Waals surface area contributed by atoms with Crippen LogP contribution >= 0.6 is 15.9 Å². The number of sulfonamides is 1. The summed E-state index contributed by atoms with van der Waals surface area (Å²) in [5.41, 5.74) is 3.90. The third kappa shape index (κ3) is 2.71. The lowest BCUT2D eigenvalue weighted by Crippen LogP contribution is -2.38. The van der Waals surface area contributed by atoms with Crippen molar-refractivity contribution in [2.45, 2.75) is 25.6 Å². The van der Waals surface area contributed by atoms with Crippen molar-refractivity contribution in [3.63, 3.8) is 0 Å². The van der Waals surface area contributed by atoms with Crippen LogP contribution in [0.2, 0.25) is 0 Å². The fourth-order valence-electron chi connectivity index (χ4n) is 3.42. The number of ether oxygens (including phenoxy) is 1. The number of hydrogen-bond donors (Lipinski definition) is 0. The Hall–Kier alpha value is -1.22. The minimum atomic E-state index is -3.26. The third-order valence-electron chi connectivity index (χ3n) is 4.60. The van der Waals surface area contributed by atoms with E-state index in [1.165, 1.54) is 6.26 Å². The van der Waals surface area contributed by atoms with Crippen molar-refractivity contribution < 1.29 is 13.2 Å². The predicted molar refractivity (Wildman–Crippen MR) is 94.0 cm³/mol. The molecule has 1 fully saturated rings. The Labute approximate surface area is 149 Å². The van der Waals surface area contributed by atoms with E-state index in [0.29, 0.717) is 19.6 Å². The Morgan fingerprint density at radius 3 is 2.54 bits per heavy atom. The molecular weight excluding hydrogens is 394 g/mol. The lowest BCUT2D eigenvalue weighted by atomic mass is 9.96. The molecule has 2 unspecified atom stereocenters. The van der Waals surface area contributed by atoms with Gasteiger partial charge in [-0.25, -0.2) is 13.1 Å². The number of halogens is 1. The van der Waals surface area contributed by atoms with Gasteiger partial charge in [-0.2, -0.15) is 9.40 Å². The molecule has 0 saturated carbocycles. The van der Waals surface area contributed by atoms with Crippen LogP contribution < -0.4 is 0 Å². The third-order valence-corrected chi connectivity index (χ3v) is 6.48. The van der Waals surface area contributed by atoms with E-state index < -0.39 is 10.0 Å². The molecule has 24 heavy (non-hydrogen) atoms. The van der Waals surface area contributed by atoms with E-state index in [-0.39, 0.29) is 12.3 Å². The highest BCUT2D eigenvalue weighted by molar-refractivity contribution is 9.10. The zero-order valence-electron chi connectivity index (χ0n) is 13.4. The van der Waals surface area contributed by atoms with Crippen LogP contribution in [0.15, 0.2) is 28.7 Å². The lowest BCUT2D eigenvalue weighted by Gasteiger charge is -2.32. The van der Waals surface area contributed by atoms with Crippen molar-refractivity contribution in [2.24, 2.45) is 0 Å². The van der Waals surface area contributed by atoms with E-state index in [1.54, 1.807) is 4.31 Å². The summed E-state index contributed by atoms with van der Waals surface area (Å²) in [5, 5.41) is 4.78. The second-order valence-electron chi connectivity index (χ2n) is 6.25. The summed E-state index contributed by atoms with van der Waals surface area (Å²) in [4.78, 5) is 0. The molecule has 0 radical (unpaired) electrons. The predicted octanol–water partition coefficient (Wildman–Crippen LogP) is 2.72. The molecule has 4 rings (SSSR count). The maximum absolute atomic E-state index is 12.1. The molecule has 1 aromatic heterocycles. The zero-order valence-corrected chi connectivity index (χ0v) is 15.8. The molecule has 0 bridgehead atoms. The molecule has 8 heteroatoms. The molecule has 0 spiro atoms. The van der Waals surface area contributed by atoms with Gasteiger partial charge in [0.25, 0.3) is 0 Å². The second kappa shape index (κ2) is 5.66. The fraction of sp³-hybridized carbons (Fsp3) is 0.438. The van der Waals surface area contributed by atoms with E-state index in [2.05, 4.69) is 15.9 Å². The maximum atomic E-state index is 12.1. The molecule has 0 amide bonds. The van der Waals surface area contributed by atoms with Crippen LogP contribution in [0.1, 0.15) is 30.5 Å². The fourth-order valence-corrected chi connectivity index (χ4v) is 4.79. The quantitative estimate of drug-likeness (QED) is 0.728. The van der Waals surface area contributed by atoms with E-state index in [1.807, 2.05) is 35.9 Å². The molecule has 2 aliphatic rings. The molecule has 2 aliphatic heterocycles. The van der Waals surface area contributed by atoms with Crippen molar-refractivity contribution in [1.29, 1.82) is 0 Å². The van der Waals surface area contributed by atoms with Crippen molar-refractivity contribution in [3.8, 4) is 11.3 Å². The normalized spacial score (nSPS) is 24.0. The maximum Gasteiger partial charge on any atom is 0.211 e. The van der Waals surface area contributed by atoms with E-state index in [0.717, 1.165) is 27.0 Å². The first-order valence-corrected chi connectivity index (χ1v) is 10.5. The highest BCUT2D eigenvalue weighted by atomic mass is 79.9. The molecule has 0 aliphatic carbocycles. The van der Waals surface area contributed by atoms with Gasteiger partial charge in [0, 0.05) is 34.3 Å². The van der Waals surface area contributed by atoms with Crippen molar-refractivity contribution in [1.82, 2.24) is 14.1 Å². The van der Waals surface area contributed by atoms with Gasteiger partial charge in [0.15, 0.2) is 6.23 Å². The standard InChI is InChI=1S/C16H18BrN3O3S/c1-10-15-13(7-8-19(10)24(2,21)22)20(14-9-23-14)18-16(15)11-3-5-12(17)6-4-11/h3-6,10,14H,7-9H2,1-2H3. The summed E-state index contributed by atoms with van der Waals surface area (Å²) < 4.78 is 34.1. The Morgan fingerprint density at radius 2 is 1.96 bits per heavy atom. The first-order valence-electron chi connectivity index (χ1n) is 7.82. The smallest absolute Gasteiger partial charge is 0.211 e. The van der Waals surface area contributed by atoms with Crippen LogP contribution in [0, 0.1) is 0 Å². The topological polar surface area (TPSA) is 67.7 Å². The van der Waals surface area contributed by atoms with E-state index >= 15 is 0 Å². The number of aromatic nitrogens is 2. The number of hydrogen-bond acceptors (Lipinski definition) is 4. The summed E-state index contributed by atoms with van der Waals surface area (Å²) in [5.74, 6) is 0. The van der Waals surface area contributed by atoms with Gasteiger partial charge >= 0.3 is 0 Å². The highest BCUT2D eigenvalue weighted by Crippen LogP contribution is 2.41. The van der Waals surface area contributed by atoms with Crippen LogP contribution in [-0.4, -0.2) is 41.9 Å². The average molecular weight is 412 g/mol. The summed E-state index contributed by atoms with van der Waals surface area (Å²) in [6.45, 7) is 3.07. The Balaban J connectivity index is 1.88. The Morgan fingerprint density at radius 1 is 1.29 bits per heavy atom. The minimum absolute atomic E-state index is 0.0140. The molecule has 3 heterocycles. The number of rotatable bonds is 3. The van der Waals surface area contributed by atoms with Gasteiger partial charge in [-0.15, -0.1) is 0 Å². The molecular formula is C16H18BrN3O3S. The highest BCUT2D eigenvalue weighted by Gasteiger charge is 2.39. The van der Waals surface area contributed by atoms with E-state index in [9.17, 15) is 8.42 Å². The molecule has 0 N–H and O–H groups in total. The molecule has 2 atom stereocenters. The first-order chi connectivity index (χ1) is 11.4. The largest absolute Gasteiger partial charge is 0.349 e. The van der Waals surface area contributed by atoms with Crippen LogP contribution in [0.5, 0.6) is 0 Å². The van der Waals surface area contributed by atoms with Crippen molar-refractivity contribution in [3.05, 3.63) is 40.0 Å². The Kier molecular flexibility index (Phi) is 3.83. The molecule has 2 aromatic rings. The van der Waals surface area contributed by atoms with Gasteiger partial charge in [-0.3, -0.25) is 0 Å². The minimum Gasteiger partial charge on any atom is -0.349 e. The van der Waals surface area contributed by atoms with Crippen LogP contribution in [0.25, 0.3) is 11.3 Å². The van der Waals surface area contributed by atoms with Crippen LogP contribution in [0.3, 0.4) is 0 Å². The van der Waals surface area contributed by atoms with Gasteiger partial charge in [0.2, 0.25) is 10.0 Å².